The standard InChI is InChI=1S/C16H13Cl2N3O2/c1-23-16(6-2-5-13-10(16)4-3-7-20-13)15(22)21-14-11(17)8-19-9-12(14)18/h2-5,7-9H,6H2,1H3,(H,19,21,22). The maximum absolute atomic E-state index is 13.0. The van der Waals surface area contributed by atoms with Gasteiger partial charge in [0.25, 0.3) is 5.91 Å². The molecule has 2 aromatic rings. The molecule has 3 rings (SSSR count). The van der Waals surface area contributed by atoms with Crippen molar-refractivity contribution in [2.24, 2.45) is 0 Å². The Kier molecular flexibility index (Phi) is 4.35. The summed E-state index contributed by atoms with van der Waals surface area (Å²) in [5.74, 6) is -0.367. The summed E-state index contributed by atoms with van der Waals surface area (Å²) < 4.78 is 5.61. The maximum atomic E-state index is 13.0. The van der Waals surface area contributed by atoms with Crippen LogP contribution in [0.4, 0.5) is 5.69 Å². The van der Waals surface area contributed by atoms with Crippen LogP contribution < -0.4 is 5.32 Å². The second-order valence-electron chi connectivity index (χ2n) is 5.01. The molecule has 0 spiro atoms. The summed E-state index contributed by atoms with van der Waals surface area (Å²) in [6.45, 7) is 0. The molecule has 1 unspecified atom stereocenters. The van der Waals surface area contributed by atoms with E-state index in [9.17, 15) is 4.79 Å². The van der Waals surface area contributed by atoms with Crippen molar-refractivity contribution in [3.05, 3.63) is 58.1 Å². The van der Waals surface area contributed by atoms with E-state index in [-0.39, 0.29) is 16.0 Å². The van der Waals surface area contributed by atoms with Crippen molar-refractivity contribution < 1.29 is 9.53 Å². The van der Waals surface area contributed by atoms with Gasteiger partial charge in [-0.2, -0.15) is 0 Å². The summed E-state index contributed by atoms with van der Waals surface area (Å²) in [5.41, 5.74) is 0.519. The molecule has 5 nitrogen and oxygen atoms in total. The normalized spacial score (nSPS) is 19.3. The Labute approximate surface area is 143 Å². The van der Waals surface area contributed by atoms with Crippen LogP contribution in [0.2, 0.25) is 10.0 Å². The van der Waals surface area contributed by atoms with Gasteiger partial charge < -0.3 is 10.1 Å². The number of carbonyl (C=O) groups is 1. The van der Waals surface area contributed by atoms with Crippen LogP contribution in [0.3, 0.4) is 0 Å². The van der Waals surface area contributed by atoms with Crippen LogP contribution >= 0.6 is 23.2 Å². The highest BCUT2D eigenvalue weighted by Crippen LogP contribution is 2.38. The van der Waals surface area contributed by atoms with Crippen LogP contribution in [0, 0.1) is 0 Å². The first-order valence-corrected chi connectivity index (χ1v) is 7.62. The third kappa shape index (κ3) is 2.72. The zero-order chi connectivity index (χ0) is 16.4. The van der Waals surface area contributed by atoms with E-state index in [1.165, 1.54) is 19.5 Å². The van der Waals surface area contributed by atoms with E-state index in [2.05, 4.69) is 15.3 Å². The fourth-order valence-electron chi connectivity index (χ4n) is 2.58. The lowest BCUT2D eigenvalue weighted by atomic mass is 9.84. The van der Waals surface area contributed by atoms with Crippen LogP contribution in [0.25, 0.3) is 6.08 Å². The minimum Gasteiger partial charge on any atom is -0.363 e. The first kappa shape index (κ1) is 15.9. The Morgan fingerprint density at radius 3 is 2.78 bits per heavy atom. The van der Waals surface area contributed by atoms with Gasteiger partial charge in [-0.05, 0) is 12.1 Å². The lowest BCUT2D eigenvalue weighted by Crippen LogP contribution is -2.43. The summed E-state index contributed by atoms with van der Waals surface area (Å²) in [5, 5.41) is 3.27. The number of pyridine rings is 2. The van der Waals surface area contributed by atoms with Gasteiger partial charge in [0, 0.05) is 37.7 Å². The van der Waals surface area contributed by atoms with Crippen molar-refractivity contribution in [2.75, 3.05) is 12.4 Å². The number of amides is 1. The first-order chi connectivity index (χ1) is 11.1. The van der Waals surface area contributed by atoms with Gasteiger partial charge in [-0.1, -0.05) is 35.3 Å². The second-order valence-corrected chi connectivity index (χ2v) is 5.82. The SMILES string of the molecule is COC1(C(=O)Nc2c(Cl)cncc2Cl)CC=Cc2ncccc21. The molecule has 1 N–H and O–H groups in total. The van der Waals surface area contributed by atoms with Crippen LogP contribution in [0.15, 0.2) is 36.8 Å². The van der Waals surface area contributed by atoms with Gasteiger partial charge in [0.15, 0.2) is 5.60 Å². The molecule has 0 radical (unpaired) electrons. The zero-order valence-electron chi connectivity index (χ0n) is 12.2. The Bertz CT molecular complexity index is 774. The predicted molar refractivity (Wildman–Crippen MR) is 89.5 cm³/mol. The molecule has 0 aliphatic heterocycles. The van der Waals surface area contributed by atoms with E-state index in [1.54, 1.807) is 12.3 Å². The molecule has 2 heterocycles. The molecule has 118 valence electrons. The lowest BCUT2D eigenvalue weighted by molar-refractivity contribution is -0.138. The maximum Gasteiger partial charge on any atom is 0.261 e. The molecule has 7 heteroatoms. The van der Waals surface area contributed by atoms with E-state index in [0.29, 0.717) is 23.4 Å². The number of methoxy groups -OCH3 is 1. The summed E-state index contributed by atoms with van der Waals surface area (Å²) >= 11 is 12.1. The van der Waals surface area contributed by atoms with Crippen LogP contribution in [0.5, 0.6) is 0 Å². The highest BCUT2D eigenvalue weighted by Gasteiger charge is 2.43. The van der Waals surface area contributed by atoms with Crippen molar-refractivity contribution in [1.29, 1.82) is 0 Å². The van der Waals surface area contributed by atoms with Crippen molar-refractivity contribution in [3.8, 4) is 0 Å². The second kappa shape index (κ2) is 6.28. The number of aromatic nitrogens is 2. The number of anilines is 1. The van der Waals surface area contributed by atoms with Gasteiger partial charge >= 0.3 is 0 Å². The molecule has 23 heavy (non-hydrogen) atoms. The Hall–Kier alpha value is -1.95. The average Bonchev–Trinajstić information content (AvgIpc) is 2.57. The summed E-state index contributed by atoms with van der Waals surface area (Å²) in [6.07, 6.45) is 8.61. The quantitative estimate of drug-likeness (QED) is 0.917. The van der Waals surface area contributed by atoms with Gasteiger partial charge in [-0.15, -0.1) is 0 Å². The molecule has 1 aliphatic carbocycles. The topological polar surface area (TPSA) is 64.1 Å². The fraction of sp³-hybridized carbons (Fsp3) is 0.188. The van der Waals surface area contributed by atoms with E-state index >= 15 is 0 Å². The Morgan fingerprint density at radius 1 is 1.35 bits per heavy atom. The third-order valence-electron chi connectivity index (χ3n) is 3.76. The Morgan fingerprint density at radius 2 is 2.09 bits per heavy atom. The van der Waals surface area contributed by atoms with E-state index < -0.39 is 5.60 Å². The average molecular weight is 350 g/mol. The molecule has 0 bridgehead atoms. The molecule has 0 saturated heterocycles. The highest BCUT2D eigenvalue weighted by molar-refractivity contribution is 6.39. The summed E-state index contributed by atoms with van der Waals surface area (Å²) in [4.78, 5) is 21.1. The van der Waals surface area contributed by atoms with E-state index in [1.807, 2.05) is 18.2 Å². The molecule has 0 saturated carbocycles. The largest absolute Gasteiger partial charge is 0.363 e. The minimum absolute atomic E-state index is 0.259. The van der Waals surface area contributed by atoms with Gasteiger partial charge in [-0.3, -0.25) is 14.8 Å². The lowest BCUT2D eigenvalue weighted by Gasteiger charge is -2.33. The van der Waals surface area contributed by atoms with Crippen molar-refractivity contribution in [3.63, 3.8) is 0 Å². The molecule has 1 atom stereocenters. The molecule has 1 amide bonds. The summed E-state index contributed by atoms with van der Waals surface area (Å²) in [7, 11) is 1.49. The monoisotopic (exact) mass is 349 g/mol. The molecular weight excluding hydrogens is 337 g/mol. The third-order valence-corrected chi connectivity index (χ3v) is 4.33. The van der Waals surface area contributed by atoms with E-state index in [0.717, 1.165) is 0 Å². The molecule has 0 fully saturated rings. The molecule has 0 aromatic carbocycles. The predicted octanol–water partition coefficient (Wildman–Crippen LogP) is 3.68. The zero-order valence-corrected chi connectivity index (χ0v) is 13.7. The van der Waals surface area contributed by atoms with Crippen molar-refractivity contribution >= 4 is 40.9 Å². The smallest absolute Gasteiger partial charge is 0.261 e. The number of nitrogens with one attached hydrogen (secondary N) is 1. The summed E-state index contributed by atoms with van der Waals surface area (Å²) in [6, 6.07) is 3.59. The minimum atomic E-state index is -1.19. The number of halogens is 2. The number of nitrogens with zero attached hydrogens (tertiary/aromatic N) is 2. The number of carbonyl (C=O) groups excluding carboxylic acids is 1. The highest BCUT2D eigenvalue weighted by atomic mass is 35.5. The number of rotatable bonds is 3. The first-order valence-electron chi connectivity index (χ1n) is 6.86. The van der Waals surface area contributed by atoms with Gasteiger partial charge in [0.2, 0.25) is 0 Å². The molecule has 1 aliphatic rings. The van der Waals surface area contributed by atoms with Gasteiger partial charge in [0.05, 0.1) is 21.4 Å². The van der Waals surface area contributed by atoms with Gasteiger partial charge in [0.1, 0.15) is 0 Å². The Balaban J connectivity index is 2.02. The van der Waals surface area contributed by atoms with Crippen molar-refractivity contribution in [1.82, 2.24) is 9.97 Å². The van der Waals surface area contributed by atoms with Crippen LogP contribution in [-0.2, 0) is 15.1 Å². The molecular formula is C16H13Cl2N3O2. The molecule has 2 aromatic heterocycles. The van der Waals surface area contributed by atoms with Crippen LogP contribution in [0.1, 0.15) is 17.7 Å². The number of ether oxygens (including phenoxy) is 1. The van der Waals surface area contributed by atoms with Gasteiger partial charge in [-0.25, -0.2) is 0 Å². The number of fused-ring (bicyclic) bond motifs is 1. The number of hydrogen-bond acceptors (Lipinski definition) is 4. The number of hydrogen-bond donors (Lipinski definition) is 1. The van der Waals surface area contributed by atoms with E-state index in [4.69, 9.17) is 27.9 Å². The van der Waals surface area contributed by atoms with Crippen molar-refractivity contribution in [2.45, 2.75) is 12.0 Å². The van der Waals surface area contributed by atoms with Crippen LogP contribution in [-0.4, -0.2) is 23.0 Å². The fourth-order valence-corrected chi connectivity index (χ4v) is 3.04.